The molecule has 1 saturated heterocycles. The van der Waals surface area contributed by atoms with Crippen LogP contribution in [0.15, 0.2) is 60.2 Å². The van der Waals surface area contributed by atoms with E-state index in [4.69, 9.17) is 15.4 Å². The predicted molar refractivity (Wildman–Crippen MR) is 129 cm³/mol. The van der Waals surface area contributed by atoms with Crippen molar-refractivity contribution < 1.29 is 28.6 Å². The standard InChI is InChI=1S/C23H24ClN3O7S/c1-14(2)20(23(30)34-13-16-8-10-17(11-9-16)27(31)32)26-21(29)19(22(26)35(24)33)25-18(28)12-15-6-4-3-5-7-15/h3-4,7-11,19-20,22H,1,5-6,12-13H2,2H3,(H,25,28). The number of amides is 2. The van der Waals surface area contributed by atoms with Crippen molar-refractivity contribution in [2.45, 2.75) is 50.3 Å². The number of carbonyl (C=O) groups excluding carboxylic acids is 3. The van der Waals surface area contributed by atoms with E-state index in [0.717, 1.165) is 16.9 Å². The number of nitrogens with one attached hydrogen (secondary N) is 1. The zero-order valence-electron chi connectivity index (χ0n) is 18.8. The molecule has 1 aliphatic carbocycles. The maximum Gasteiger partial charge on any atom is 0.333 e. The minimum Gasteiger partial charge on any atom is -0.597 e. The van der Waals surface area contributed by atoms with Crippen molar-refractivity contribution >= 4 is 44.5 Å². The van der Waals surface area contributed by atoms with Crippen LogP contribution < -0.4 is 5.32 Å². The molecule has 10 nitrogen and oxygen atoms in total. The van der Waals surface area contributed by atoms with E-state index in [-0.39, 0.29) is 24.3 Å². The first-order valence-corrected chi connectivity index (χ1v) is 12.7. The number of β-lactam (4-membered cyclic amide) rings is 1. The van der Waals surface area contributed by atoms with Crippen molar-refractivity contribution in [1.29, 1.82) is 0 Å². The molecule has 2 aliphatic rings. The molecule has 1 aromatic rings. The fraction of sp³-hybridized carbons (Fsp3) is 0.348. The van der Waals surface area contributed by atoms with Crippen LogP contribution in [0.1, 0.15) is 31.7 Å². The number of ether oxygens (including phenoxy) is 1. The summed E-state index contributed by atoms with van der Waals surface area (Å²) in [7, 11) is 3.74. The number of carbonyl (C=O) groups is 3. The summed E-state index contributed by atoms with van der Waals surface area (Å²) in [6.07, 6.45) is 7.34. The maximum atomic E-state index is 12.9. The lowest BCUT2D eigenvalue weighted by Gasteiger charge is -2.47. The molecule has 1 heterocycles. The number of hydrogen-bond acceptors (Lipinski definition) is 7. The summed E-state index contributed by atoms with van der Waals surface area (Å²) in [4.78, 5) is 49.4. The highest BCUT2D eigenvalue weighted by Crippen LogP contribution is 2.33. The lowest BCUT2D eigenvalue weighted by Crippen LogP contribution is -2.75. The molecule has 0 spiro atoms. The quantitative estimate of drug-likeness (QED) is 0.124. The summed E-state index contributed by atoms with van der Waals surface area (Å²) < 4.78 is 17.5. The first-order chi connectivity index (χ1) is 16.6. The zero-order chi connectivity index (χ0) is 25.7. The maximum absolute atomic E-state index is 12.9. The van der Waals surface area contributed by atoms with Crippen molar-refractivity contribution in [3.63, 3.8) is 0 Å². The molecule has 1 fully saturated rings. The predicted octanol–water partition coefficient (Wildman–Crippen LogP) is 2.80. The smallest absolute Gasteiger partial charge is 0.333 e. The van der Waals surface area contributed by atoms with Gasteiger partial charge in [0.25, 0.3) is 11.6 Å². The van der Waals surface area contributed by atoms with Crippen molar-refractivity contribution in [1.82, 2.24) is 10.2 Å². The van der Waals surface area contributed by atoms with Crippen LogP contribution in [0, 0.1) is 10.1 Å². The second-order valence-corrected chi connectivity index (χ2v) is 10.1. The summed E-state index contributed by atoms with van der Waals surface area (Å²) in [5.74, 6) is -1.88. The third-order valence-electron chi connectivity index (χ3n) is 5.56. The van der Waals surface area contributed by atoms with Gasteiger partial charge in [0.05, 0.1) is 15.3 Å². The molecule has 35 heavy (non-hydrogen) atoms. The van der Waals surface area contributed by atoms with E-state index in [1.54, 1.807) is 0 Å². The molecule has 0 aromatic heterocycles. The second kappa shape index (κ2) is 11.5. The van der Waals surface area contributed by atoms with E-state index in [1.165, 1.54) is 31.2 Å². The van der Waals surface area contributed by atoms with Gasteiger partial charge in [-0.15, -0.1) is 0 Å². The topological polar surface area (TPSA) is 142 Å². The van der Waals surface area contributed by atoms with Gasteiger partial charge in [0.2, 0.25) is 11.3 Å². The van der Waals surface area contributed by atoms with Crippen LogP contribution in [0.4, 0.5) is 5.69 Å². The number of nitro benzene ring substituents is 1. The van der Waals surface area contributed by atoms with Gasteiger partial charge in [0.15, 0.2) is 22.8 Å². The van der Waals surface area contributed by atoms with Gasteiger partial charge in [0, 0.05) is 18.6 Å². The molecule has 0 radical (unpaired) electrons. The fourth-order valence-electron chi connectivity index (χ4n) is 3.81. The Morgan fingerprint density at radius 1 is 1.34 bits per heavy atom. The number of non-ortho nitro benzene ring substituents is 1. The summed E-state index contributed by atoms with van der Waals surface area (Å²) in [5, 5.41) is 12.2. The molecular formula is C23H24ClN3O7S. The number of allylic oxidation sites excluding steroid dienone is 3. The lowest BCUT2D eigenvalue weighted by atomic mass is 9.98. The van der Waals surface area contributed by atoms with Crippen molar-refractivity contribution in [3.8, 4) is 0 Å². The van der Waals surface area contributed by atoms with E-state index in [1.807, 2.05) is 18.2 Å². The number of benzene rings is 1. The average Bonchev–Trinajstić information content (AvgIpc) is 2.81. The Balaban J connectivity index is 1.66. The third-order valence-corrected chi connectivity index (χ3v) is 6.99. The highest BCUT2D eigenvalue weighted by Gasteiger charge is 2.60. The second-order valence-electron chi connectivity index (χ2n) is 8.16. The molecule has 4 atom stereocenters. The highest BCUT2D eigenvalue weighted by molar-refractivity contribution is 8.14. The van der Waals surface area contributed by atoms with Gasteiger partial charge in [-0.3, -0.25) is 24.6 Å². The number of nitrogens with zero attached hydrogens (tertiary/aromatic N) is 2. The Hall–Kier alpha value is -3.15. The van der Waals surface area contributed by atoms with Crippen molar-refractivity contribution in [2.24, 2.45) is 0 Å². The Labute approximate surface area is 209 Å². The molecule has 186 valence electrons. The van der Waals surface area contributed by atoms with Gasteiger partial charge in [0.1, 0.15) is 6.61 Å². The summed E-state index contributed by atoms with van der Waals surface area (Å²) in [5.41, 5.74) is 1.55. The van der Waals surface area contributed by atoms with E-state index in [2.05, 4.69) is 11.9 Å². The van der Waals surface area contributed by atoms with Crippen LogP contribution >= 0.6 is 10.7 Å². The highest BCUT2D eigenvalue weighted by atomic mass is 35.7. The fourth-order valence-corrected chi connectivity index (χ4v) is 5.18. The largest absolute Gasteiger partial charge is 0.597 e. The van der Waals surface area contributed by atoms with Crippen LogP contribution in [-0.4, -0.2) is 49.6 Å². The minimum absolute atomic E-state index is 0.0942. The van der Waals surface area contributed by atoms with E-state index in [9.17, 15) is 29.1 Å². The van der Waals surface area contributed by atoms with Crippen LogP contribution in [0.3, 0.4) is 0 Å². The molecule has 0 saturated carbocycles. The number of esters is 1. The Morgan fingerprint density at radius 2 is 2.03 bits per heavy atom. The Bertz CT molecular complexity index is 1090. The SMILES string of the molecule is C=C(C)C(C(=O)OCc1ccc([N+](=O)[O-])cc1)N1C(=O)C(NC(=O)CC2=CCC=CC2)C1[S+]([O-])Cl. The molecule has 12 heteroatoms. The molecule has 1 aliphatic heterocycles. The molecule has 4 unspecified atom stereocenters. The van der Waals surface area contributed by atoms with E-state index < -0.39 is 50.6 Å². The summed E-state index contributed by atoms with van der Waals surface area (Å²) in [6, 6.07) is 3.01. The zero-order valence-corrected chi connectivity index (χ0v) is 20.4. The number of hydrogen-bond donors (Lipinski definition) is 1. The van der Waals surface area contributed by atoms with Gasteiger partial charge in [-0.2, -0.15) is 0 Å². The van der Waals surface area contributed by atoms with Gasteiger partial charge >= 0.3 is 5.97 Å². The monoisotopic (exact) mass is 521 g/mol. The molecule has 1 aromatic carbocycles. The van der Waals surface area contributed by atoms with Gasteiger partial charge in [-0.1, -0.05) is 30.4 Å². The normalized spacial score (nSPS) is 20.8. The molecule has 0 bridgehead atoms. The first kappa shape index (κ1) is 26.5. The van der Waals surface area contributed by atoms with Crippen molar-refractivity contribution in [3.05, 3.63) is 75.9 Å². The van der Waals surface area contributed by atoms with Crippen LogP contribution in [-0.2, 0) is 36.1 Å². The summed E-state index contributed by atoms with van der Waals surface area (Å²) >= 11 is 0. The lowest BCUT2D eigenvalue weighted by molar-refractivity contribution is -0.384. The molecule has 1 N–H and O–H groups in total. The minimum atomic E-state index is -2.10. The molecule has 3 rings (SSSR count). The number of halogens is 1. The average molecular weight is 522 g/mol. The number of nitro groups is 1. The van der Waals surface area contributed by atoms with Crippen LogP contribution in [0.25, 0.3) is 0 Å². The number of rotatable bonds is 10. The molecule has 2 amide bonds. The third kappa shape index (κ3) is 6.30. The Kier molecular flexibility index (Phi) is 8.71. The van der Waals surface area contributed by atoms with Crippen molar-refractivity contribution in [2.75, 3.05) is 0 Å². The van der Waals surface area contributed by atoms with Crippen LogP contribution in [0.2, 0.25) is 0 Å². The summed E-state index contributed by atoms with van der Waals surface area (Å²) in [6.45, 7) is 5.04. The van der Waals surface area contributed by atoms with Gasteiger partial charge in [-0.25, -0.2) is 4.79 Å². The van der Waals surface area contributed by atoms with Gasteiger partial charge < -0.3 is 14.6 Å². The van der Waals surface area contributed by atoms with E-state index in [0.29, 0.717) is 12.0 Å². The first-order valence-electron chi connectivity index (χ1n) is 10.7. The van der Waals surface area contributed by atoms with E-state index >= 15 is 0 Å². The number of likely N-dealkylation sites (tertiary alicyclic amines) is 1. The van der Waals surface area contributed by atoms with Crippen LogP contribution in [0.5, 0.6) is 0 Å². The molecular weight excluding hydrogens is 498 g/mol. The Morgan fingerprint density at radius 3 is 2.57 bits per heavy atom. The van der Waals surface area contributed by atoms with Gasteiger partial charge in [-0.05, 0) is 43.0 Å².